The van der Waals surface area contributed by atoms with Gasteiger partial charge in [-0.15, -0.1) is 0 Å². The molecule has 206 valence electrons. The number of hydrogen-bond donors (Lipinski definition) is 0. The first-order valence-electron chi connectivity index (χ1n) is 14.5. The zero-order chi connectivity index (χ0) is 29.2. The van der Waals surface area contributed by atoms with Crippen molar-refractivity contribution in [2.75, 3.05) is 0 Å². The van der Waals surface area contributed by atoms with Crippen LogP contribution in [0.4, 0.5) is 0 Å². The van der Waals surface area contributed by atoms with Crippen LogP contribution in [-0.2, 0) is 0 Å². The first-order chi connectivity index (χ1) is 21.7. The zero-order valence-corrected chi connectivity index (χ0v) is 24.1. The summed E-state index contributed by atoms with van der Waals surface area (Å²) < 4.78 is 6.22. The monoisotopic (exact) mass is 583 g/mol. The Hall–Kier alpha value is -5.58. The van der Waals surface area contributed by atoms with Crippen LogP contribution in [0.2, 0.25) is 5.02 Å². The molecule has 2 aromatic heterocycles. The van der Waals surface area contributed by atoms with E-state index in [9.17, 15) is 0 Å². The topological polar surface area (TPSA) is 51.8 Å². The maximum atomic E-state index is 6.55. The van der Waals surface area contributed by atoms with Crippen molar-refractivity contribution in [2.24, 2.45) is 0 Å². The average molecular weight is 584 g/mol. The molecule has 0 radical (unpaired) electrons. The second kappa shape index (κ2) is 9.73. The molecule has 0 bridgehead atoms. The smallest absolute Gasteiger partial charge is 0.164 e. The van der Waals surface area contributed by atoms with E-state index in [-0.39, 0.29) is 0 Å². The van der Waals surface area contributed by atoms with Gasteiger partial charge in [0.05, 0.1) is 5.02 Å². The zero-order valence-electron chi connectivity index (χ0n) is 23.3. The molecule has 0 aliphatic heterocycles. The molecule has 0 saturated heterocycles. The molecule has 2 heterocycles. The van der Waals surface area contributed by atoms with E-state index in [1.54, 1.807) is 0 Å². The third-order valence-corrected chi connectivity index (χ3v) is 8.69. The van der Waals surface area contributed by atoms with Gasteiger partial charge in [-0.1, -0.05) is 133 Å². The normalized spacial score (nSPS) is 11.8. The maximum Gasteiger partial charge on any atom is 0.164 e. The summed E-state index contributed by atoms with van der Waals surface area (Å²) in [4.78, 5) is 15.4. The highest BCUT2D eigenvalue weighted by Crippen LogP contribution is 2.41. The molecule has 0 fully saturated rings. The second-order valence-electron chi connectivity index (χ2n) is 10.9. The molecule has 5 heteroatoms. The predicted octanol–water partition coefficient (Wildman–Crippen LogP) is 10.9. The molecule has 7 aromatic carbocycles. The number of benzene rings is 7. The lowest BCUT2D eigenvalue weighted by molar-refractivity contribution is 0.669. The van der Waals surface area contributed by atoms with E-state index in [1.807, 2.05) is 66.7 Å². The number of aromatic nitrogens is 3. The van der Waals surface area contributed by atoms with Crippen LogP contribution in [0.1, 0.15) is 0 Å². The molecular formula is C39H22ClN3O. The fourth-order valence-electron chi connectivity index (χ4n) is 6.47. The molecule has 0 unspecified atom stereocenters. The van der Waals surface area contributed by atoms with Gasteiger partial charge in [0.15, 0.2) is 23.1 Å². The Morgan fingerprint density at radius 2 is 0.909 bits per heavy atom. The van der Waals surface area contributed by atoms with Crippen molar-refractivity contribution in [2.45, 2.75) is 0 Å². The minimum atomic E-state index is 0.570. The molecule has 0 atom stereocenters. The minimum absolute atomic E-state index is 0.570. The lowest BCUT2D eigenvalue weighted by atomic mass is 9.91. The number of nitrogens with zero attached hydrogens (tertiary/aromatic N) is 3. The van der Waals surface area contributed by atoms with Crippen molar-refractivity contribution in [1.29, 1.82) is 0 Å². The van der Waals surface area contributed by atoms with E-state index in [1.165, 1.54) is 16.2 Å². The van der Waals surface area contributed by atoms with Gasteiger partial charge < -0.3 is 4.42 Å². The van der Waals surface area contributed by atoms with Gasteiger partial charge in [-0.05, 0) is 39.1 Å². The van der Waals surface area contributed by atoms with E-state index in [2.05, 4.69) is 66.7 Å². The minimum Gasteiger partial charge on any atom is -0.454 e. The third-order valence-electron chi connectivity index (χ3n) is 8.39. The van der Waals surface area contributed by atoms with Gasteiger partial charge >= 0.3 is 0 Å². The molecule has 9 aromatic rings. The largest absolute Gasteiger partial charge is 0.454 e. The fraction of sp³-hybridized carbons (Fsp3) is 0. The number of fused-ring (bicyclic) bond motifs is 9. The summed E-state index contributed by atoms with van der Waals surface area (Å²) in [6.07, 6.45) is 0. The van der Waals surface area contributed by atoms with Crippen molar-refractivity contribution in [1.82, 2.24) is 15.0 Å². The van der Waals surface area contributed by atoms with Gasteiger partial charge in [0, 0.05) is 32.8 Å². The number of para-hydroxylation sites is 1. The van der Waals surface area contributed by atoms with Crippen LogP contribution in [0.3, 0.4) is 0 Å². The fourth-order valence-corrected chi connectivity index (χ4v) is 6.69. The van der Waals surface area contributed by atoms with E-state index >= 15 is 0 Å². The van der Waals surface area contributed by atoms with Gasteiger partial charge in [-0.25, -0.2) is 15.0 Å². The Balaban J connectivity index is 1.40. The van der Waals surface area contributed by atoms with Gasteiger partial charge in [-0.3, -0.25) is 0 Å². The van der Waals surface area contributed by atoms with E-state index in [0.29, 0.717) is 28.1 Å². The summed E-state index contributed by atoms with van der Waals surface area (Å²) >= 11 is 6.55. The van der Waals surface area contributed by atoms with Crippen LogP contribution >= 0.6 is 11.6 Å². The van der Waals surface area contributed by atoms with Gasteiger partial charge in [0.2, 0.25) is 0 Å². The molecule has 44 heavy (non-hydrogen) atoms. The van der Waals surface area contributed by atoms with Crippen molar-refractivity contribution in [3.63, 3.8) is 0 Å². The molecule has 0 aliphatic rings. The summed E-state index contributed by atoms with van der Waals surface area (Å²) in [7, 11) is 0. The lowest BCUT2D eigenvalue weighted by Crippen LogP contribution is -2.01. The van der Waals surface area contributed by atoms with Crippen LogP contribution in [-0.4, -0.2) is 15.0 Å². The quantitative estimate of drug-likeness (QED) is 0.194. The Kier molecular flexibility index (Phi) is 5.52. The highest BCUT2D eigenvalue weighted by atomic mass is 35.5. The molecule has 0 N–H and O–H groups in total. The summed E-state index contributed by atoms with van der Waals surface area (Å²) in [5.74, 6) is 1.79. The first-order valence-corrected chi connectivity index (χ1v) is 14.9. The summed E-state index contributed by atoms with van der Waals surface area (Å²) in [5, 5.41) is 9.50. The number of halogens is 1. The summed E-state index contributed by atoms with van der Waals surface area (Å²) in [5.41, 5.74) is 4.12. The lowest BCUT2D eigenvalue weighted by Gasteiger charge is -2.14. The van der Waals surface area contributed by atoms with Gasteiger partial charge in [0.25, 0.3) is 0 Å². The van der Waals surface area contributed by atoms with Crippen LogP contribution in [0.25, 0.3) is 88.4 Å². The first kappa shape index (κ1) is 25.0. The average Bonchev–Trinajstić information content (AvgIpc) is 3.49. The van der Waals surface area contributed by atoms with Crippen molar-refractivity contribution < 1.29 is 4.42 Å². The Bertz CT molecular complexity index is 2530. The number of rotatable bonds is 3. The van der Waals surface area contributed by atoms with Gasteiger partial charge in [-0.2, -0.15) is 0 Å². The highest BCUT2D eigenvalue weighted by molar-refractivity contribution is 6.36. The predicted molar refractivity (Wildman–Crippen MR) is 181 cm³/mol. The van der Waals surface area contributed by atoms with Crippen molar-refractivity contribution in [3.8, 4) is 34.2 Å². The highest BCUT2D eigenvalue weighted by Gasteiger charge is 2.20. The molecule has 0 saturated carbocycles. The summed E-state index contributed by atoms with van der Waals surface area (Å²) in [6, 6.07) is 45.4. The van der Waals surface area contributed by atoms with Crippen molar-refractivity contribution in [3.05, 3.63) is 138 Å². The van der Waals surface area contributed by atoms with Crippen LogP contribution in [0.15, 0.2) is 138 Å². The van der Waals surface area contributed by atoms with Crippen LogP contribution < -0.4 is 0 Å². The standard InChI is InChI=1S/C39H22ClN3O/c40-32-21-9-18-29-35-31(20-10-22-33(35)44-36(29)32)39-42-37(23-11-2-1-3-12-23)41-38(43-39)30-19-8-17-28-26-14-5-4-13-24(26)25-15-6-7-16-27(25)34(28)30/h1-22H. The Labute approximate surface area is 257 Å². The maximum absolute atomic E-state index is 6.55. The molecule has 4 nitrogen and oxygen atoms in total. The van der Waals surface area contributed by atoms with Gasteiger partial charge in [0.1, 0.15) is 5.58 Å². The van der Waals surface area contributed by atoms with E-state index in [4.69, 9.17) is 31.0 Å². The number of hydrogen-bond acceptors (Lipinski definition) is 4. The SMILES string of the molecule is Clc1cccc2c1oc1cccc(-c3nc(-c4ccccc4)nc(-c4cccc5c6ccccc6c6ccccc6c45)n3)c12. The number of furan rings is 1. The van der Waals surface area contributed by atoms with E-state index < -0.39 is 0 Å². The molecule has 0 aliphatic carbocycles. The summed E-state index contributed by atoms with van der Waals surface area (Å²) in [6.45, 7) is 0. The van der Waals surface area contributed by atoms with E-state index in [0.717, 1.165) is 49.2 Å². The van der Waals surface area contributed by atoms with Crippen LogP contribution in [0, 0.1) is 0 Å². The molecule has 0 amide bonds. The van der Waals surface area contributed by atoms with Crippen LogP contribution in [0.5, 0.6) is 0 Å². The Morgan fingerprint density at radius 3 is 1.61 bits per heavy atom. The third kappa shape index (κ3) is 3.75. The molecule has 0 spiro atoms. The van der Waals surface area contributed by atoms with Crippen molar-refractivity contribution >= 4 is 65.9 Å². The molecular weight excluding hydrogens is 562 g/mol. The second-order valence-corrected chi connectivity index (χ2v) is 11.3. The molecule has 9 rings (SSSR count). The Morgan fingerprint density at radius 1 is 0.409 bits per heavy atom.